The molecule has 32 heavy (non-hydrogen) atoms. The van der Waals surface area contributed by atoms with Crippen molar-refractivity contribution in [1.82, 2.24) is 30.8 Å². The van der Waals surface area contributed by atoms with Crippen molar-refractivity contribution in [3.8, 4) is 0 Å². The first-order valence-electron chi connectivity index (χ1n) is 9.21. The number of rotatable bonds is 7. The Labute approximate surface area is 183 Å². The van der Waals surface area contributed by atoms with Crippen LogP contribution in [0.3, 0.4) is 0 Å². The van der Waals surface area contributed by atoms with Gasteiger partial charge in [0, 0.05) is 12.1 Å². The summed E-state index contributed by atoms with van der Waals surface area (Å²) in [5.41, 5.74) is 1.46. The van der Waals surface area contributed by atoms with Gasteiger partial charge >= 0.3 is 0 Å². The summed E-state index contributed by atoms with van der Waals surface area (Å²) in [6.45, 7) is 0. The lowest BCUT2D eigenvalue weighted by atomic mass is 10.1. The summed E-state index contributed by atoms with van der Waals surface area (Å²) in [6.07, 6.45) is 6.15. The lowest BCUT2D eigenvalue weighted by molar-refractivity contribution is 0.483. The molecular weight excluding hydrogens is 432 g/mol. The molecule has 3 N–H and O–H groups in total. The number of nitrogens with one attached hydrogen (secondary N) is 2. The molecule has 0 bridgehead atoms. The predicted octanol–water partition coefficient (Wildman–Crippen LogP) is 2.96. The number of hydrogen-bond acceptors (Lipinski definition) is 10. The number of hydrogen-bond donors (Lipinski definition) is 3. The third kappa shape index (κ3) is 5.06. The largest absolute Gasteiger partial charge is 0.337 e. The average Bonchev–Trinajstić information content (AvgIpc) is 2.80. The van der Waals surface area contributed by atoms with E-state index in [1.807, 2.05) is 30.3 Å². The van der Waals surface area contributed by atoms with E-state index in [1.165, 1.54) is 18.5 Å². The zero-order valence-corrected chi connectivity index (χ0v) is 17.2. The van der Waals surface area contributed by atoms with Gasteiger partial charge in [-0.25, -0.2) is 0 Å². The Balaban J connectivity index is 1.86. The van der Waals surface area contributed by atoms with Gasteiger partial charge in [0.05, 0.1) is 23.8 Å². The maximum Gasteiger partial charge on any atom is 0.297 e. The first kappa shape index (κ1) is 21.0. The molecule has 2 aromatic carbocycles. The fourth-order valence-electron chi connectivity index (χ4n) is 2.87. The lowest BCUT2D eigenvalue weighted by Crippen LogP contribution is -2.10. The molecule has 0 fully saturated rings. The van der Waals surface area contributed by atoms with Crippen molar-refractivity contribution in [3.05, 3.63) is 78.1 Å². The van der Waals surface area contributed by atoms with Crippen LogP contribution in [0.4, 0.5) is 23.0 Å². The molecule has 0 saturated heterocycles. The molecule has 0 saturated carbocycles. The van der Waals surface area contributed by atoms with E-state index in [9.17, 15) is 13.0 Å². The fourth-order valence-corrected chi connectivity index (χ4v) is 3.72. The van der Waals surface area contributed by atoms with E-state index < -0.39 is 10.1 Å². The van der Waals surface area contributed by atoms with E-state index in [-0.39, 0.29) is 22.0 Å². The lowest BCUT2D eigenvalue weighted by Gasteiger charge is -2.17. The normalized spacial score (nSPS) is 11.4. The minimum atomic E-state index is -4.67. The fraction of sp³-hybridized carbons (Fsp3) is 0. The summed E-state index contributed by atoms with van der Waals surface area (Å²) >= 11 is 0. The van der Waals surface area contributed by atoms with E-state index >= 15 is 0 Å². The Morgan fingerprint density at radius 1 is 0.781 bits per heavy atom. The summed E-state index contributed by atoms with van der Waals surface area (Å²) in [5.74, 6) is 0.538. The van der Waals surface area contributed by atoms with Gasteiger partial charge in [0.2, 0.25) is 0 Å². The summed E-state index contributed by atoms with van der Waals surface area (Å²) in [6, 6.07) is 15.6. The summed E-state index contributed by atoms with van der Waals surface area (Å²) in [7, 11) is -4.67. The number of aromatic nitrogens is 6. The quantitative estimate of drug-likeness (QED) is 0.282. The smallest absolute Gasteiger partial charge is 0.297 e. The van der Waals surface area contributed by atoms with Crippen molar-refractivity contribution >= 4 is 45.3 Å². The van der Waals surface area contributed by atoms with Crippen molar-refractivity contribution in [1.29, 1.82) is 0 Å². The molecule has 12 heteroatoms. The second-order valence-electron chi connectivity index (χ2n) is 6.39. The molecule has 0 aliphatic heterocycles. The monoisotopic (exact) mass is 448 g/mol. The highest BCUT2D eigenvalue weighted by atomic mass is 32.2. The van der Waals surface area contributed by atoms with Crippen molar-refractivity contribution in [2.24, 2.45) is 0 Å². The average molecular weight is 448 g/mol. The predicted molar refractivity (Wildman–Crippen MR) is 118 cm³/mol. The Morgan fingerprint density at radius 3 is 2.03 bits per heavy atom. The van der Waals surface area contributed by atoms with E-state index in [0.717, 1.165) is 5.56 Å². The number of nitrogens with zero attached hydrogens (tertiary/aromatic N) is 6. The van der Waals surface area contributed by atoms with Gasteiger partial charge in [0.15, 0.2) is 11.6 Å². The van der Waals surface area contributed by atoms with E-state index in [2.05, 4.69) is 41.5 Å². The van der Waals surface area contributed by atoms with Crippen LogP contribution in [0.1, 0.15) is 11.1 Å². The highest BCUT2D eigenvalue weighted by Gasteiger charge is 2.23. The zero-order valence-electron chi connectivity index (χ0n) is 16.4. The van der Waals surface area contributed by atoms with Crippen molar-refractivity contribution < 1.29 is 13.0 Å². The summed E-state index contributed by atoms with van der Waals surface area (Å²) < 4.78 is 35.0. The van der Waals surface area contributed by atoms with E-state index in [0.29, 0.717) is 11.5 Å². The van der Waals surface area contributed by atoms with Gasteiger partial charge in [0.1, 0.15) is 4.90 Å². The third-order valence-corrected chi connectivity index (χ3v) is 5.18. The number of anilines is 4. The molecule has 0 radical (unpaired) electrons. The van der Waals surface area contributed by atoms with Crippen LogP contribution in [0, 0.1) is 0 Å². The number of benzene rings is 2. The SMILES string of the molecule is O=S(=O)(O)c1c(C=Cc2ccccc2)ccc(Nc2ccnnn2)c1Nc1ccnnn1. The Kier molecular flexibility index (Phi) is 6.05. The molecule has 0 spiro atoms. The van der Waals surface area contributed by atoms with Crippen LogP contribution in [-0.2, 0) is 10.1 Å². The molecule has 4 rings (SSSR count). The first-order valence-corrected chi connectivity index (χ1v) is 10.6. The van der Waals surface area contributed by atoms with Gasteiger partial charge in [-0.3, -0.25) is 4.55 Å². The second-order valence-corrected chi connectivity index (χ2v) is 7.75. The van der Waals surface area contributed by atoms with Crippen LogP contribution in [0.5, 0.6) is 0 Å². The van der Waals surface area contributed by atoms with Gasteiger partial charge in [-0.1, -0.05) is 48.6 Å². The van der Waals surface area contributed by atoms with Gasteiger partial charge in [0.25, 0.3) is 10.1 Å². The summed E-state index contributed by atoms with van der Waals surface area (Å²) in [5, 5.41) is 27.9. The molecule has 0 atom stereocenters. The molecule has 160 valence electrons. The molecule has 0 aliphatic carbocycles. The van der Waals surface area contributed by atoms with Crippen LogP contribution in [-0.4, -0.2) is 43.8 Å². The minimum Gasteiger partial charge on any atom is -0.337 e. The first-order chi connectivity index (χ1) is 15.5. The van der Waals surface area contributed by atoms with Crippen LogP contribution < -0.4 is 10.6 Å². The van der Waals surface area contributed by atoms with Gasteiger partial charge in [-0.15, -0.1) is 20.4 Å². The Morgan fingerprint density at radius 2 is 1.44 bits per heavy atom. The third-order valence-electron chi connectivity index (χ3n) is 4.22. The van der Waals surface area contributed by atoms with Crippen molar-refractivity contribution in [2.45, 2.75) is 4.90 Å². The molecule has 2 aromatic heterocycles. The molecule has 11 nitrogen and oxygen atoms in total. The summed E-state index contributed by atoms with van der Waals surface area (Å²) in [4.78, 5) is -0.352. The Hall–Kier alpha value is -4.29. The van der Waals surface area contributed by atoms with Gasteiger partial charge in [-0.2, -0.15) is 8.42 Å². The van der Waals surface area contributed by atoms with Crippen LogP contribution in [0.2, 0.25) is 0 Å². The van der Waals surface area contributed by atoms with Gasteiger partial charge < -0.3 is 10.6 Å². The minimum absolute atomic E-state index is 0.0434. The van der Waals surface area contributed by atoms with E-state index in [1.54, 1.807) is 30.4 Å². The molecule has 4 aromatic rings. The molecule has 0 amide bonds. The highest BCUT2D eigenvalue weighted by Crippen LogP contribution is 2.37. The maximum absolute atomic E-state index is 12.4. The van der Waals surface area contributed by atoms with Crippen LogP contribution in [0.25, 0.3) is 12.2 Å². The topological polar surface area (TPSA) is 156 Å². The van der Waals surface area contributed by atoms with Gasteiger partial charge in [-0.05, 0) is 27.6 Å². The highest BCUT2D eigenvalue weighted by molar-refractivity contribution is 7.86. The van der Waals surface area contributed by atoms with Crippen molar-refractivity contribution in [2.75, 3.05) is 10.6 Å². The van der Waals surface area contributed by atoms with Crippen molar-refractivity contribution in [3.63, 3.8) is 0 Å². The second kappa shape index (κ2) is 9.24. The van der Waals surface area contributed by atoms with Crippen LogP contribution >= 0.6 is 0 Å². The standard InChI is InChI=1S/C20H16N8O3S/c29-32(30,31)20-15(7-6-14-4-2-1-3-5-14)8-9-16(23-17-10-12-21-27-25-17)19(20)24-18-11-13-22-28-26-18/h1-13H,(H,21,23,25)(H,22,24,26)(H,29,30,31). The maximum atomic E-state index is 12.4. The molecular formula is C20H16N8O3S. The zero-order chi connectivity index (χ0) is 22.4. The molecule has 0 aliphatic rings. The molecule has 0 unspecified atom stereocenters. The van der Waals surface area contributed by atoms with E-state index in [4.69, 9.17) is 0 Å². The van der Waals surface area contributed by atoms with Crippen LogP contribution in [0.15, 0.2) is 71.9 Å². The molecule has 2 heterocycles. The Bertz CT molecular complexity index is 1340.